The molecule has 2 heterocycles. The molecule has 4 aromatic rings. The molecule has 1 N–H and O–H groups in total. The molecule has 2 aliphatic rings. The number of piperidine rings is 1. The molecular formula is C41H42F5N3O3S. The Morgan fingerprint density at radius 1 is 1.04 bits per heavy atom. The SMILES string of the molecule is [2H]C1=C(SCc2cccc(F)c2F)N(CC(=O)N(C2CCN(CCOC)CC2)C([2H])([2H])c2ccc(-c3ccc(C(F)(F)F)cc3)cc2)c2c([2H])c([2H])c(C)c([2H])c2C1O. The summed E-state index contributed by atoms with van der Waals surface area (Å²) in [4.78, 5) is 19.4. The van der Waals surface area contributed by atoms with Crippen molar-refractivity contribution in [2.75, 3.05) is 44.8 Å². The first kappa shape index (κ1) is 31.2. The lowest BCUT2D eigenvalue weighted by Crippen LogP contribution is -2.50. The van der Waals surface area contributed by atoms with E-state index in [-0.39, 0.29) is 50.8 Å². The molecule has 0 radical (unpaired) electrons. The smallest absolute Gasteiger partial charge is 0.384 e. The van der Waals surface area contributed by atoms with Crippen LogP contribution in [0, 0.1) is 18.6 Å². The van der Waals surface area contributed by atoms with E-state index < -0.39 is 66.6 Å². The zero-order chi connectivity index (χ0) is 43.0. The number of anilines is 1. The second kappa shape index (κ2) is 16.8. The highest BCUT2D eigenvalue weighted by molar-refractivity contribution is 8.02. The predicted octanol–water partition coefficient (Wildman–Crippen LogP) is 8.73. The third-order valence-corrected chi connectivity index (χ3v) is 10.2. The molecule has 0 aliphatic carbocycles. The number of aliphatic hydroxyl groups is 1. The number of aliphatic hydroxyl groups excluding tert-OH is 1. The van der Waals surface area contributed by atoms with E-state index in [1.807, 2.05) is 0 Å². The summed E-state index contributed by atoms with van der Waals surface area (Å²) >= 11 is 0.784. The van der Waals surface area contributed by atoms with Crippen LogP contribution < -0.4 is 4.90 Å². The lowest BCUT2D eigenvalue weighted by atomic mass is 9.99. The van der Waals surface area contributed by atoms with E-state index in [0.29, 0.717) is 50.2 Å². The molecule has 1 unspecified atom stereocenters. The fourth-order valence-corrected chi connectivity index (χ4v) is 7.31. The molecule has 1 fully saturated rings. The highest BCUT2D eigenvalue weighted by atomic mass is 32.2. The third kappa shape index (κ3) is 9.29. The van der Waals surface area contributed by atoms with Crippen molar-refractivity contribution in [3.8, 4) is 11.1 Å². The van der Waals surface area contributed by atoms with Crippen LogP contribution in [0.1, 0.15) is 55.0 Å². The number of carbonyl (C=O) groups excluding carboxylic acids is 1. The van der Waals surface area contributed by atoms with Crippen LogP contribution in [0.4, 0.5) is 27.6 Å². The molecule has 0 spiro atoms. The number of rotatable bonds is 12. The number of halogens is 5. The third-order valence-electron chi connectivity index (χ3n) is 9.17. The van der Waals surface area contributed by atoms with Crippen LogP contribution in [-0.4, -0.2) is 66.8 Å². The number of fused-ring (bicyclic) bond motifs is 1. The van der Waals surface area contributed by atoms with Crippen LogP contribution in [0.25, 0.3) is 11.1 Å². The summed E-state index contributed by atoms with van der Waals surface area (Å²) in [6.07, 6.45) is -5.58. The minimum absolute atomic E-state index is 0.0581. The summed E-state index contributed by atoms with van der Waals surface area (Å²) in [5.74, 6) is -3.32. The standard InChI is InChI=1S/C41H42F5N3O3S/c1-27-6-15-36-34(22-27)37(50)23-39(53-26-31-4-3-5-35(42)40(31)43)49(36)25-38(51)48(33-16-18-47(19-17-33)20-21-52-2)24-28-7-9-29(10-8-28)30-11-13-32(14-12-30)41(44,45)46/h3-15,22-23,33,37,50H,16-21,24-26H2,1-2H3/i6D,15D,22D,23D,24D2. The number of hydrogen-bond acceptors (Lipinski definition) is 6. The summed E-state index contributed by atoms with van der Waals surface area (Å²) in [7, 11) is 1.58. The van der Waals surface area contributed by atoms with Gasteiger partial charge in [0, 0.05) is 61.8 Å². The second-order valence-corrected chi connectivity index (χ2v) is 13.8. The lowest BCUT2D eigenvalue weighted by Gasteiger charge is -2.40. The second-order valence-electron chi connectivity index (χ2n) is 12.8. The summed E-state index contributed by atoms with van der Waals surface area (Å²) in [5.41, 5.74) is -0.223. The van der Waals surface area contributed by atoms with Crippen molar-refractivity contribution in [1.29, 1.82) is 0 Å². The molecule has 6 nitrogen and oxygen atoms in total. The number of thioether (sulfide) groups is 1. The number of likely N-dealkylation sites (tertiary alicyclic amines) is 1. The maximum Gasteiger partial charge on any atom is 0.416 e. The van der Waals surface area contributed by atoms with E-state index in [1.165, 1.54) is 48.2 Å². The average molecular weight is 758 g/mol. The molecular weight excluding hydrogens is 710 g/mol. The fraction of sp³-hybridized carbons (Fsp3) is 0.341. The molecule has 2 aliphatic heterocycles. The number of benzene rings is 4. The Labute approximate surface area is 319 Å². The van der Waals surface area contributed by atoms with Crippen LogP contribution in [0.3, 0.4) is 0 Å². The number of ether oxygens (including phenoxy) is 1. The van der Waals surface area contributed by atoms with Crippen LogP contribution in [0.15, 0.2) is 95.9 Å². The van der Waals surface area contributed by atoms with Gasteiger partial charge in [0.25, 0.3) is 0 Å². The monoisotopic (exact) mass is 757 g/mol. The molecule has 1 amide bonds. The van der Waals surface area contributed by atoms with Gasteiger partial charge in [-0.25, -0.2) is 8.78 Å². The molecule has 0 saturated carbocycles. The van der Waals surface area contributed by atoms with Crippen molar-refractivity contribution < 1.29 is 44.8 Å². The van der Waals surface area contributed by atoms with E-state index in [4.69, 9.17) is 10.2 Å². The van der Waals surface area contributed by atoms with Crippen LogP contribution in [-0.2, 0) is 28.0 Å². The normalized spacial score (nSPS) is 18.8. The van der Waals surface area contributed by atoms with E-state index in [0.717, 1.165) is 34.9 Å². The highest BCUT2D eigenvalue weighted by Gasteiger charge is 2.33. The van der Waals surface area contributed by atoms with Gasteiger partial charge in [-0.2, -0.15) is 13.2 Å². The van der Waals surface area contributed by atoms with Gasteiger partial charge in [-0.1, -0.05) is 66.2 Å². The van der Waals surface area contributed by atoms with E-state index in [1.54, 1.807) is 19.2 Å². The number of nitrogens with zero attached hydrogens (tertiary/aromatic N) is 3. The quantitative estimate of drug-likeness (QED) is 0.146. The molecule has 0 bridgehead atoms. The molecule has 1 atom stereocenters. The molecule has 4 aromatic carbocycles. The summed E-state index contributed by atoms with van der Waals surface area (Å²) in [6.45, 7) is 0.268. The Morgan fingerprint density at radius 2 is 1.72 bits per heavy atom. The average Bonchev–Trinajstić information content (AvgIpc) is 3.21. The largest absolute Gasteiger partial charge is 0.416 e. The van der Waals surface area contributed by atoms with Gasteiger partial charge in [0.15, 0.2) is 11.6 Å². The van der Waals surface area contributed by atoms with Crippen molar-refractivity contribution in [1.82, 2.24) is 9.80 Å². The van der Waals surface area contributed by atoms with Crippen molar-refractivity contribution >= 4 is 23.4 Å². The Balaban J connectivity index is 1.40. The van der Waals surface area contributed by atoms with Gasteiger partial charge in [-0.05, 0) is 66.7 Å². The first-order chi connectivity index (χ1) is 27.9. The summed E-state index contributed by atoms with van der Waals surface area (Å²) in [5, 5.41) is 11.3. The minimum Gasteiger partial charge on any atom is -0.384 e. The van der Waals surface area contributed by atoms with Crippen LogP contribution in [0.5, 0.6) is 0 Å². The molecule has 12 heteroatoms. The molecule has 53 heavy (non-hydrogen) atoms. The Kier molecular flexibility index (Phi) is 9.90. The van der Waals surface area contributed by atoms with Gasteiger partial charge in [0.05, 0.1) is 25.4 Å². The first-order valence-electron chi connectivity index (χ1n) is 20.0. The van der Waals surface area contributed by atoms with E-state index in [9.17, 15) is 34.6 Å². The van der Waals surface area contributed by atoms with Crippen molar-refractivity contribution in [2.24, 2.45) is 0 Å². The van der Waals surface area contributed by atoms with Crippen molar-refractivity contribution in [3.05, 3.63) is 135 Å². The van der Waals surface area contributed by atoms with Crippen LogP contribution in [0.2, 0.25) is 0 Å². The number of amides is 1. The number of carbonyl (C=O) groups is 1. The number of methoxy groups -OCH3 is 1. The van der Waals surface area contributed by atoms with Gasteiger partial charge < -0.3 is 24.5 Å². The van der Waals surface area contributed by atoms with E-state index in [2.05, 4.69) is 4.90 Å². The number of alkyl halides is 3. The lowest BCUT2D eigenvalue weighted by molar-refractivity contribution is -0.137. The Bertz CT molecular complexity index is 2220. The van der Waals surface area contributed by atoms with Gasteiger partial charge in [-0.15, -0.1) is 11.8 Å². The molecule has 280 valence electrons. The maximum absolute atomic E-state index is 14.9. The zero-order valence-corrected chi connectivity index (χ0v) is 29.9. The van der Waals surface area contributed by atoms with Gasteiger partial charge in [0.1, 0.15) is 12.6 Å². The molecule has 0 aromatic heterocycles. The van der Waals surface area contributed by atoms with Crippen molar-refractivity contribution in [3.63, 3.8) is 0 Å². The Hall–Kier alpha value is -4.23. The minimum atomic E-state index is -4.52. The highest BCUT2D eigenvalue weighted by Crippen LogP contribution is 2.41. The summed E-state index contributed by atoms with van der Waals surface area (Å²) in [6, 6.07) is 11.8. The van der Waals surface area contributed by atoms with Crippen LogP contribution >= 0.6 is 11.8 Å². The first-order valence-corrected chi connectivity index (χ1v) is 18.0. The molecule has 6 rings (SSSR count). The van der Waals surface area contributed by atoms with Gasteiger partial charge in [0.2, 0.25) is 5.91 Å². The summed E-state index contributed by atoms with van der Waals surface area (Å²) < 4.78 is 128. The van der Waals surface area contributed by atoms with Crippen molar-refractivity contribution in [2.45, 2.75) is 50.3 Å². The predicted molar refractivity (Wildman–Crippen MR) is 198 cm³/mol. The zero-order valence-electron chi connectivity index (χ0n) is 35.1. The number of hydrogen-bond donors (Lipinski definition) is 1. The van der Waals surface area contributed by atoms with E-state index >= 15 is 0 Å². The Morgan fingerprint density at radius 3 is 2.38 bits per heavy atom. The fourth-order valence-electron chi connectivity index (χ4n) is 6.29. The molecule has 1 saturated heterocycles. The van der Waals surface area contributed by atoms with Gasteiger partial charge >= 0.3 is 6.18 Å². The maximum atomic E-state index is 14.9. The topological polar surface area (TPSA) is 56.3 Å². The van der Waals surface area contributed by atoms with Gasteiger partial charge in [-0.3, -0.25) is 4.79 Å².